The monoisotopic (exact) mass is 391 g/mol. The lowest BCUT2D eigenvalue weighted by molar-refractivity contribution is 0.279. The first-order chi connectivity index (χ1) is 14.1. The number of imidazole rings is 1. The Bertz CT molecular complexity index is 1040. The van der Waals surface area contributed by atoms with E-state index in [-0.39, 0.29) is 12.0 Å². The fourth-order valence-corrected chi connectivity index (χ4v) is 4.51. The summed E-state index contributed by atoms with van der Waals surface area (Å²) in [6.45, 7) is 5.60. The zero-order valence-corrected chi connectivity index (χ0v) is 17.2. The topological polar surface area (TPSA) is 74.5 Å². The van der Waals surface area contributed by atoms with E-state index in [0.717, 1.165) is 47.8 Å². The fraction of sp³-hybridized carbons (Fsp3) is 0.478. The predicted octanol–water partition coefficient (Wildman–Crippen LogP) is 3.49. The highest BCUT2D eigenvalue weighted by molar-refractivity contribution is 5.63. The highest BCUT2D eigenvalue weighted by Crippen LogP contribution is 2.49. The molecule has 1 aliphatic heterocycles. The van der Waals surface area contributed by atoms with E-state index in [1.54, 1.807) is 0 Å². The molecule has 2 aliphatic rings. The Balaban J connectivity index is 1.49. The zero-order chi connectivity index (χ0) is 20.0. The third-order valence-electron chi connectivity index (χ3n) is 6.54. The number of fused-ring (bicyclic) bond motifs is 1. The van der Waals surface area contributed by atoms with Crippen molar-refractivity contribution < 1.29 is 5.11 Å². The maximum absolute atomic E-state index is 9.84. The molecule has 0 radical (unpaired) electrons. The second-order valence-corrected chi connectivity index (χ2v) is 8.93. The molecule has 5 rings (SSSR count). The van der Waals surface area contributed by atoms with Crippen molar-refractivity contribution in [3.8, 4) is 11.4 Å². The van der Waals surface area contributed by atoms with Crippen LogP contribution in [-0.2, 0) is 12.0 Å². The number of aliphatic hydroxyl groups is 1. The van der Waals surface area contributed by atoms with Gasteiger partial charge in [0.15, 0.2) is 0 Å². The van der Waals surface area contributed by atoms with Gasteiger partial charge in [0.25, 0.3) is 0 Å². The Kier molecular flexibility index (Phi) is 4.56. The van der Waals surface area contributed by atoms with Gasteiger partial charge in [-0.25, -0.2) is 9.97 Å². The van der Waals surface area contributed by atoms with Gasteiger partial charge < -0.3 is 15.7 Å². The number of hydrogen-bond acceptors (Lipinski definition) is 5. The molecule has 0 spiro atoms. The lowest BCUT2D eigenvalue weighted by Crippen LogP contribution is -2.41. The summed E-state index contributed by atoms with van der Waals surface area (Å²) in [5, 5.41) is 16.9. The summed E-state index contributed by atoms with van der Waals surface area (Å²) in [6.07, 6.45) is 8.59. The smallest absolute Gasteiger partial charge is 0.137 e. The summed E-state index contributed by atoms with van der Waals surface area (Å²) >= 11 is 0. The maximum Gasteiger partial charge on any atom is 0.137 e. The average Bonchev–Trinajstić information content (AvgIpc) is 3.33. The zero-order valence-electron chi connectivity index (χ0n) is 17.2. The van der Waals surface area contributed by atoms with Gasteiger partial charge in [0.2, 0.25) is 0 Å². The molecule has 152 valence electrons. The largest absolute Gasteiger partial charge is 0.392 e. The molecule has 0 bridgehead atoms. The van der Waals surface area contributed by atoms with Crippen LogP contribution >= 0.6 is 0 Å². The molecule has 6 heteroatoms. The van der Waals surface area contributed by atoms with E-state index in [4.69, 9.17) is 4.98 Å². The van der Waals surface area contributed by atoms with E-state index in [1.165, 1.54) is 18.4 Å². The minimum Gasteiger partial charge on any atom is -0.392 e. The molecule has 0 amide bonds. The molecule has 1 aliphatic carbocycles. The van der Waals surface area contributed by atoms with E-state index in [0.29, 0.717) is 12.1 Å². The summed E-state index contributed by atoms with van der Waals surface area (Å²) in [6, 6.07) is 9.13. The van der Waals surface area contributed by atoms with Gasteiger partial charge >= 0.3 is 0 Å². The van der Waals surface area contributed by atoms with Gasteiger partial charge in [0.1, 0.15) is 11.5 Å². The SMILES string of the molecule is C[C@H]1C[C@@H](Nc2cccc(-c3cnc4cc(CO)c(C5(C)CC5)cn34)n2)CCN1. The van der Waals surface area contributed by atoms with Crippen LogP contribution < -0.4 is 10.6 Å². The highest BCUT2D eigenvalue weighted by atomic mass is 16.3. The lowest BCUT2D eigenvalue weighted by Gasteiger charge is -2.29. The third-order valence-corrected chi connectivity index (χ3v) is 6.54. The molecule has 0 aromatic carbocycles. The first kappa shape index (κ1) is 18.6. The predicted molar refractivity (Wildman–Crippen MR) is 115 cm³/mol. The quantitative estimate of drug-likeness (QED) is 0.621. The van der Waals surface area contributed by atoms with Crippen molar-refractivity contribution >= 4 is 11.5 Å². The van der Waals surface area contributed by atoms with E-state index in [9.17, 15) is 5.11 Å². The van der Waals surface area contributed by atoms with Crippen LogP contribution in [-0.4, -0.2) is 38.1 Å². The molecule has 1 saturated carbocycles. The third kappa shape index (κ3) is 3.51. The van der Waals surface area contributed by atoms with E-state index < -0.39 is 0 Å². The van der Waals surface area contributed by atoms with Crippen LogP contribution in [0.25, 0.3) is 17.0 Å². The molecular weight excluding hydrogens is 362 g/mol. The van der Waals surface area contributed by atoms with Gasteiger partial charge in [0.05, 0.1) is 24.2 Å². The first-order valence-corrected chi connectivity index (χ1v) is 10.6. The van der Waals surface area contributed by atoms with Crippen molar-refractivity contribution in [3.05, 3.63) is 47.8 Å². The summed E-state index contributed by atoms with van der Waals surface area (Å²) in [5.41, 5.74) is 5.13. The molecule has 1 saturated heterocycles. The van der Waals surface area contributed by atoms with Gasteiger partial charge in [-0.2, -0.15) is 0 Å². The van der Waals surface area contributed by atoms with Crippen LogP contribution in [0.1, 0.15) is 50.7 Å². The van der Waals surface area contributed by atoms with Crippen molar-refractivity contribution in [2.45, 2.75) is 63.6 Å². The van der Waals surface area contributed by atoms with Crippen LogP contribution in [0.4, 0.5) is 5.82 Å². The van der Waals surface area contributed by atoms with E-state index in [1.807, 2.05) is 24.4 Å². The van der Waals surface area contributed by atoms with Crippen LogP contribution in [0, 0.1) is 0 Å². The van der Waals surface area contributed by atoms with Gasteiger partial charge in [-0.05, 0) is 73.9 Å². The van der Waals surface area contributed by atoms with Crippen LogP contribution in [0.5, 0.6) is 0 Å². The van der Waals surface area contributed by atoms with Crippen LogP contribution in [0.3, 0.4) is 0 Å². The summed E-state index contributed by atoms with van der Waals surface area (Å²) < 4.78 is 2.12. The average molecular weight is 392 g/mol. The Morgan fingerprint density at radius 3 is 2.97 bits per heavy atom. The molecule has 3 aromatic rings. The Labute approximate surface area is 171 Å². The number of pyridine rings is 2. The van der Waals surface area contributed by atoms with Crippen molar-refractivity contribution in [2.75, 3.05) is 11.9 Å². The molecule has 0 unspecified atom stereocenters. The number of nitrogens with one attached hydrogen (secondary N) is 2. The van der Waals surface area contributed by atoms with Crippen LogP contribution in [0.15, 0.2) is 36.7 Å². The second kappa shape index (κ2) is 7.11. The molecule has 2 fully saturated rings. The Morgan fingerprint density at radius 2 is 2.21 bits per heavy atom. The van der Waals surface area contributed by atoms with E-state index >= 15 is 0 Å². The molecule has 6 nitrogen and oxygen atoms in total. The standard InChI is InChI=1S/C23H29N5O/c1-15-10-17(6-9-24-15)26-21-5-3-4-19(27-21)20-12-25-22-11-16(14-29)18(13-28(20)22)23(2)7-8-23/h3-5,11-13,15,17,24,29H,6-10,14H2,1-2H3,(H,26,27)/t15-,17-/m0/s1. The van der Waals surface area contributed by atoms with E-state index in [2.05, 4.69) is 46.1 Å². The van der Waals surface area contributed by atoms with Gasteiger partial charge in [-0.1, -0.05) is 13.0 Å². The number of nitrogens with zero attached hydrogens (tertiary/aromatic N) is 3. The lowest BCUT2D eigenvalue weighted by atomic mass is 9.95. The van der Waals surface area contributed by atoms with Crippen molar-refractivity contribution in [3.63, 3.8) is 0 Å². The van der Waals surface area contributed by atoms with Gasteiger partial charge in [-0.3, -0.25) is 4.40 Å². The number of aromatic nitrogens is 3. The van der Waals surface area contributed by atoms with Gasteiger partial charge in [0, 0.05) is 18.3 Å². The molecule has 4 heterocycles. The number of piperidine rings is 1. The first-order valence-electron chi connectivity index (χ1n) is 10.6. The number of rotatable bonds is 5. The normalized spacial score (nSPS) is 23.3. The molecule has 3 aromatic heterocycles. The molecule has 3 N–H and O–H groups in total. The number of hydrogen-bond donors (Lipinski definition) is 3. The number of anilines is 1. The second-order valence-electron chi connectivity index (χ2n) is 8.93. The summed E-state index contributed by atoms with van der Waals surface area (Å²) in [4.78, 5) is 9.48. The minimum absolute atomic E-state index is 0.0515. The highest BCUT2D eigenvalue weighted by Gasteiger charge is 2.41. The minimum atomic E-state index is 0.0515. The maximum atomic E-state index is 9.84. The number of aliphatic hydroxyl groups excluding tert-OH is 1. The summed E-state index contributed by atoms with van der Waals surface area (Å²) in [7, 11) is 0. The van der Waals surface area contributed by atoms with Crippen molar-refractivity contribution in [2.24, 2.45) is 0 Å². The summed E-state index contributed by atoms with van der Waals surface area (Å²) in [5.74, 6) is 0.915. The fourth-order valence-electron chi connectivity index (χ4n) is 4.51. The van der Waals surface area contributed by atoms with Crippen molar-refractivity contribution in [1.82, 2.24) is 19.7 Å². The molecule has 2 atom stereocenters. The van der Waals surface area contributed by atoms with Crippen molar-refractivity contribution in [1.29, 1.82) is 0 Å². The van der Waals surface area contributed by atoms with Gasteiger partial charge in [-0.15, -0.1) is 0 Å². The molecular formula is C23H29N5O. The molecule has 29 heavy (non-hydrogen) atoms. The Morgan fingerprint density at radius 1 is 1.34 bits per heavy atom. The van der Waals surface area contributed by atoms with Crippen LogP contribution in [0.2, 0.25) is 0 Å². The Hall–Kier alpha value is -2.44.